The average molecular weight is 369 g/mol. The standard InChI is InChI=1S/C24H48O2/c1-3-5-7-8-9-10-11-12-13-14-15-16-17-18-19-20-21-22-24(25)26-23-6-4-2/h3-23H2,1-2H3. The molecule has 0 fully saturated rings. The molecule has 0 aromatic carbocycles. The lowest BCUT2D eigenvalue weighted by atomic mass is 10.0. The highest BCUT2D eigenvalue weighted by molar-refractivity contribution is 5.69. The summed E-state index contributed by atoms with van der Waals surface area (Å²) in [4.78, 5) is 11.5. The second-order valence-electron chi connectivity index (χ2n) is 7.98. The largest absolute Gasteiger partial charge is 0.466 e. The van der Waals surface area contributed by atoms with Crippen molar-refractivity contribution >= 4 is 5.97 Å². The third-order valence-corrected chi connectivity index (χ3v) is 5.25. The van der Waals surface area contributed by atoms with Crippen molar-refractivity contribution < 1.29 is 9.53 Å². The van der Waals surface area contributed by atoms with Crippen LogP contribution in [-0.4, -0.2) is 12.6 Å². The maximum Gasteiger partial charge on any atom is 0.305 e. The number of esters is 1. The number of carbonyl (C=O) groups excluding carboxylic acids is 1. The van der Waals surface area contributed by atoms with E-state index in [1.807, 2.05) is 0 Å². The third kappa shape index (κ3) is 21.5. The summed E-state index contributed by atoms with van der Waals surface area (Å²) >= 11 is 0. The summed E-state index contributed by atoms with van der Waals surface area (Å²) in [7, 11) is 0. The minimum atomic E-state index is -0.000547. The molecule has 0 bridgehead atoms. The molecule has 0 aromatic rings. The van der Waals surface area contributed by atoms with Gasteiger partial charge in [0.05, 0.1) is 6.61 Å². The van der Waals surface area contributed by atoms with Crippen molar-refractivity contribution in [3.05, 3.63) is 0 Å². The molecule has 0 spiro atoms. The molecular formula is C24H48O2. The molecule has 0 aliphatic heterocycles. The smallest absolute Gasteiger partial charge is 0.305 e. The zero-order valence-electron chi connectivity index (χ0n) is 18.2. The highest BCUT2D eigenvalue weighted by Crippen LogP contribution is 2.14. The Bertz CT molecular complexity index is 275. The van der Waals surface area contributed by atoms with Crippen molar-refractivity contribution in [2.45, 2.75) is 142 Å². The van der Waals surface area contributed by atoms with E-state index >= 15 is 0 Å². The first-order chi connectivity index (χ1) is 12.8. The summed E-state index contributed by atoms with van der Waals surface area (Å²) in [5, 5.41) is 0. The first kappa shape index (κ1) is 25.5. The number of hydrogen-bond acceptors (Lipinski definition) is 2. The Morgan fingerprint density at radius 2 is 0.846 bits per heavy atom. The molecule has 0 saturated carbocycles. The molecule has 0 saturated heterocycles. The molecular weight excluding hydrogens is 320 g/mol. The van der Waals surface area contributed by atoms with E-state index in [-0.39, 0.29) is 5.97 Å². The number of carbonyl (C=O) groups is 1. The van der Waals surface area contributed by atoms with Gasteiger partial charge in [-0.25, -0.2) is 0 Å². The second kappa shape index (κ2) is 22.5. The third-order valence-electron chi connectivity index (χ3n) is 5.25. The van der Waals surface area contributed by atoms with Crippen molar-refractivity contribution in [3.8, 4) is 0 Å². The first-order valence-electron chi connectivity index (χ1n) is 12.0. The van der Waals surface area contributed by atoms with Gasteiger partial charge < -0.3 is 4.74 Å². The van der Waals surface area contributed by atoms with Crippen LogP contribution in [0.1, 0.15) is 142 Å². The van der Waals surface area contributed by atoms with Crippen molar-refractivity contribution in [2.24, 2.45) is 0 Å². The quantitative estimate of drug-likeness (QED) is 0.150. The molecule has 0 rings (SSSR count). The molecule has 0 amide bonds. The summed E-state index contributed by atoms with van der Waals surface area (Å²) in [6.45, 7) is 5.01. The molecule has 0 unspecified atom stereocenters. The molecule has 2 heteroatoms. The van der Waals surface area contributed by atoms with Gasteiger partial charge in [-0.15, -0.1) is 0 Å². The molecule has 156 valence electrons. The van der Waals surface area contributed by atoms with Crippen LogP contribution in [0.15, 0.2) is 0 Å². The van der Waals surface area contributed by atoms with E-state index in [0.29, 0.717) is 13.0 Å². The molecule has 0 aliphatic carbocycles. The Balaban J connectivity index is 3.06. The number of hydrogen-bond donors (Lipinski definition) is 0. The van der Waals surface area contributed by atoms with Crippen LogP contribution in [0.4, 0.5) is 0 Å². The fraction of sp³-hybridized carbons (Fsp3) is 0.958. The lowest BCUT2D eigenvalue weighted by Crippen LogP contribution is -2.05. The second-order valence-corrected chi connectivity index (χ2v) is 7.98. The fourth-order valence-corrected chi connectivity index (χ4v) is 3.40. The van der Waals surface area contributed by atoms with Crippen LogP contribution in [0.5, 0.6) is 0 Å². The molecule has 2 nitrogen and oxygen atoms in total. The molecule has 0 atom stereocenters. The average Bonchev–Trinajstić information content (AvgIpc) is 2.64. The van der Waals surface area contributed by atoms with Crippen LogP contribution >= 0.6 is 0 Å². The minimum absolute atomic E-state index is 0.000547. The van der Waals surface area contributed by atoms with Crippen molar-refractivity contribution in [1.82, 2.24) is 0 Å². The Kier molecular flexibility index (Phi) is 22.1. The maximum absolute atomic E-state index is 11.5. The van der Waals surface area contributed by atoms with Gasteiger partial charge in [0.25, 0.3) is 0 Å². The van der Waals surface area contributed by atoms with Gasteiger partial charge in [-0.3, -0.25) is 4.79 Å². The van der Waals surface area contributed by atoms with E-state index in [0.717, 1.165) is 19.3 Å². The SMILES string of the molecule is CCCCCCCCCCCCCCCCCCCC(=O)OCCCC. The van der Waals surface area contributed by atoms with Crippen LogP contribution in [0.3, 0.4) is 0 Å². The van der Waals surface area contributed by atoms with Gasteiger partial charge in [-0.1, -0.05) is 123 Å². The molecule has 0 N–H and O–H groups in total. The van der Waals surface area contributed by atoms with Gasteiger partial charge in [-0.05, 0) is 12.8 Å². The fourth-order valence-electron chi connectivity index (χ4n) is 3.40. The predicted octanol–water partition coefficient (Wildman–Crippen LogP) is 8.37. The number of ether oxygens (including phenoxy) is 1. The maximum atomic E-state index is 11.5. The Morgan fingerprint density at radius 1 is 0.500 bits per heavy atom. The van der Waals surface area contributed by atoms with E-state index in [2.05, 4.69) is 13.8 Å². The normalized spacial score (nSPS) is 11.0. The number of unbranched alkanes of at least 4 members (excludes halogenated alkanes) is 17. The highest BCUT2D eigenvalue weighted by Gasteiger charge is 2.01. The van der Waals surface area contributed by atoms with Gasteiger partial charge in [0.2, 0.25) is 0 Å². The predicted molar refractivity (Wildman–Crippen MR) is 115 cm³/mol. The van der Waals surface area contributed by atoms with Crippen molar-refractivity contribution in [1.29, 1.82) is 0 Å². The summed E-state index contributed by atoms with van der Waals surface area (Å²) in [6, 6.07) is 0. The summed E-state index contributed by atoms with van der Waals surface area (Å²) in [6.07, 6.45) is 26.0. The summed E-state index contributed by atoms with van der Waals surface area (Å²) in [5.41, 5.74) is 0. The van der Waals surface area contributed by atoms with Gasteiger partial charge in [-0.2, -0.15) is 0 Å². The Morgan fingerprint density at radius 3 is 1.23 bits per heavy atom. The molecule has 0 radical (unpaired) electrons. The Hall–Kier alpha value is -0.530. The molecule has 26 heavy (non-hydrogen) atoms. The summed E-state index contributed by atoms with van der Waals surface area (Å²) < 4.78 is 5.17. The highest BCUT2D eigenvalue weighted by atomic mass is 16.5. The minimum Gasteiger partial charge on any atom is -0.466 e. The van der Waals surface area contributed by atoms with E-state index < -0.39 is 0 Å². The van der Waals surface area contributed by atoms with Gasteiger partial charge >= 0.3 is 5.97 Å². The van der Waals surface area contributed by atoms with Crippen molar-refractivity contribution in [2.75, 3.05) is 6.61 Å². The van der Waals surface area contributed by atoms with E-state index in [1.165, 1.54) is 103 Å². The Labute approximate surface area is 164 Å². The lowest BCUT2D eigenvalue weighted by Gasteiger charge is -2.04. The topological polar surface area (TPSA) is 26.3 Å². The van der Waals surface area contributed by atoms with Crippen LogP contribution in [0.2, 0.25) is 0 Å². The van der Waals surface area contributed by atoms with E-state index in [4.69, 9.17) is 4.74 Å². The van der Waals surface area contributed by atoms with E-state index in [9.17, 15) is 4.79 Å². The van der Waals surface area contributed by atoms with E-state index in [1.54, 1.807) is 0 Å². The van der Waals surface area contributed by atoms with Crippen LogP contribution in [0.25, 0.3) is 0 Å². The lowest BCUT2D eigenvalue weighted by molar-refractivity contribution is -0.143. The number of rotatable bonds is 21. The zero-order valence-corrected chi connectivity index (χ0v) is 18.2. The van der Waals surface area contributed by atoms with Gasteiger partial charge in [0.15, 0.2) is 0 Å². The monoisotopic (exact) mass is 368 g/mol. The zero-order chi connectivity index (χ0) is 19.1. The van der Waals surface area contributed by atoms with Crippen molar-refractivity contribution in [3.63, 3.8) is 0 Å². The first-order valence-corrected chi connectivity index (χ1v) is 12.0. The van der Waals surface area contributed by atoms with Gasteiger partial charge in [0.1, 0.15) is 0 Å². The van der Waals surface area contributed by atoms with Crippen LogP contribution < -0.4 is 0 Å². The summed E-state index contributed by atoms with van der Waals surface area (Å²) in [5.74, 6) is -0.000547. The van der Waals surface area contributed by atoms with Crippen LogP contribution in [0, 0.1) is 0 Å². The van der Waals surface area contributed by atoms with Gasteiger partial charge in [0, 0.05) is 6.42 Å². The molecule has 0 heterocycles. The van der Waals surface area contributed by atoms with Crippen LogP contribution in [-0.2, 0) is 9.53 Å². The molecule has 0 aromatic heterocycles. The molecule has 0 aliphatic rings.